The number of fused-ring (bicyclic) bond motifs is 2. The Bertz CT molecular complexity index is 1160. The number of amides is 1. The lowest BCUT2D eigenvalue weighted by atomic mass is 10.1. The summed E-state index contributed by atoms with van der Waals surface area (Å²) in [5.41, 5.74) is 4.81. The highest BCUT2D eigenvalue weighted by Crippen LogP contribution is 2.27. The minimum Gasteiger partial charge on any atom is -0.361 e. The van der Waals surface area contributed by atoms with Crippen LogP contribution in [0.5, 0.6) is 0 Å². The van der Waals surface area contributed by atoms with Crippen molar-refractivity contribution in [3.8, 4) is 5.69 Å². The second kappa shape index (κ2) is 6.28. The average Bonchev–Trinajstić information content (AvgIpc) is 3.33. The molecule has 2 aromatic carbocycles. The van der Waals surface area contributed by atoms with Gasteiger partial charge in [-0.25, -0.2) is 4.68 Å². The Labute approximate surface area is 161 Å². The summed E-state index contributed by atoms with van der Waals surface area (Å²) < 4.78 is 1.89. The van der Waals surface area contributed by atoms with Gasteiger partial charge in [-0.2, -0.15) is 5.10 Å². The molecule has 0 spiro atoms. The van der Waals surface area contributed by atoms with Crippen molar-refractivity contribution in [3.63, 3.8) is 0 Å². The van der Waals surface area contributed by atoms with E-state index in [0.29, 0.717) is 23.7 Å². The van der Waals surface area contributed by atoms with Crippen LogP contribution in [0.1, 0.15) is 21.6 Å². The fourth-order valence-electron chi connectivity index (χ4n) is 3.71. The number of benzene rings is 2. The molecule has 0 fully saturated rings. The molecule has 0 bridgehead atoms. The fourth-order valence-corrected chi connectivity index (χ4v) is 3.92. The Morgan fingerprint density at radius 1 is 1.15 bits per heavy atom. The third-order valence-corrected chi connectivity index (χ3v) is 5.42. The number of nitrogens with zero attached hydrogens (tertiary/aromatic N) is 3. The molecule has 2 aromatic heterocycles. The first-order valence-electron chi connectivity index (χ1n) is 8.88. The monoisotopic (exact) mass is 376 g/mol. The van der Waals surface area contributed by atoms with Gasteiger partial charge in [0.2, 0.25) is 0 Å². The highest BCUT2D eigenvalue weighted by molar-refractivity contribution is 6.32. The van der Waals surface area contributed by atoms with Crippen LogP contribution in [0.3, 0.4) is 0 Å². The van der Waals surface area contributed by atoms with Crippen LogP contribution in [0.15, 0.2) is 60.9 Å². The van der Waals surface area contributed by atoms with Crippen molar-refractivity contribution < 1.29 is 4.79 Å². The summed E-state index contributed by atoms with van der Waals surface area (Å²) in [6, 6.07) is 15.4. The SMILES string of the molecule is O=C(c1ccc2[nH]ccc2c1)N1CCc2c(cnn2-c2ccccc2Cl)C1. The second-order valence-corrected chi connectivity index (χ2v) is 7.14. The smallest absolute Gasteiger partial charge is 0.254 e. The standard InChI is InChI=1S/C21H17ClN4O/c22-17-3-1-2-4-20(17)26-19-8-10-25(13-16(19)12-24-26)21(27)15-5-6-18-14(11-15)7-9-23-18/h1-7,9,11-12,23H,8,10,13H2. The third-order valence-electron chi connectivity index (χ3n) is 5.10. The highest BCUT2D eigenvalue weighted by atomic mass is 35.5. The Hall–Kier alpha value is -3.05. The first-order chi connectivity index (χ1) is 13.2. The number of aromatic nitrogens is 3. The van der Waals surface area contributed by atoms with Gasteiger partial charge in [-0.1, -0.05) is 23.7 Å². The summed E-state index contributed by atoms with van der Waals surface area (Å²) in [6.45, 7) is 1.22. The van der Waals surface area contributed by atoms with Gasteiger partial charge in [-0.3, -0.25) is 4.79 Å². The molecular weight excluding hydrogens is 360 g/mol. The topological polar surface area (TPSA) is 53.9 Å². The number of hydrogen-bond donors (Lipinski definition) is 1. The van der Waals surface area contributed by atoms with Gasteiger partial charge in [0, 0.05) is 47.7 Å². The largest absolute Gasteiger partial charge is 0.361 e. The van der Waals surface area contributed by atoms with Crippen molar-refractivity contribution in [2.24, 2.45) is 0 Å². The number of hydrogen-bond acceptors (Lipinski definition) is 2. The average molecular weight is 377 g/mol. The van der Waals surface area contributed by atoms with Crippen molar-refractivity contribution in [3.05, 3.63) is 82.8 Å². The predicted molar refractivity (Wildman–Crippen MR) is 105 cm³/mol. The van der Waals surface area contributed by atoms with Crippen molar-refractivity contribution in [1.29, 1.82) is 0 Å². The number of carbonyl (C=O) groups excluding carboxylic acids is 1. The van der Waals surface area contributed by atoms with Crippen LogP contribution in [0.4, 0.5) is 0 Å². The van der Waals surface area contributed by atoms with Crippen LogP contribution in [-0.4, -0.2) is 32.1 Å². The second-order valence-electron chi connectivity index (χ2n) is 6.74. The minimum atomic E-state index is 0.0502. The molecule has 4 aromatic rings. The zero-order chi connectivity index (χ0) is 18.4. The Balaban J connectivity index is 1.43. The molecule has 0 saturated heterocycles. The molecule has 1 N–H and O–H groups in total. The number of rotatable bonds is 2. The predicted octanol–water partition coefficient (Wildman–Crippen LogP) is 4.21. The number of H-pyrrole nitrogens is 1. The minimum absolute atomic E-state index is 0.0502. The molecule has 1 aliphatic heterocycles. The Kier molecular flexibility index (Phi) is 3.76. The zero-order valence-corrected chi connectivity index (χ0v) is 15.3. The maximum atomic E-state index is 13.0. The molecule has 134 valence electrons. The van der Waals surface area contributed by atoms with E-state index in [1.54, 1.807) is 0 Å². The van der Waals surface area contributed by atoms with Crippen molar-refractivity contribution in [1.82, 2.24) is 19.7 Å². The molecular formula is C21H17ClN4O. The molecule has 5 nitrogen and oxygen atoms in total. The molecule has 0 atom stereocenters. The summed E-state index contributed by atoms with van der Waals surface area (Å²) >= 11 is 6.33. The van der Waals surface area contributed by atoms with Gasteiger partial charge >= 0.3 is 0 Å². The van der Waals surface area contributed by atoms with Crippen LogP contribution < -0.4 is 0 Å². The number of halogens is 1. The molecule has 1 aliphatic rings. The van der Waals surface area contributed by atoms with Gasteiger partial charge < -0.3 is 9.88 Å². The van der Waals surface area contributed by atoms with Gasteiger partial charge in [-0.15, -0.1) is 0 Å². The van der Waals surface area contributed by atoms with Crippen LogP contribution in [0, 0.1) is 0 Å². The molecule has 6 heteroatoms. The summed E-state index contributed by atoms with van der Waals surface area (Å²) in [7, 11) is 0. The maximum Gasteiger partial charge on any atom is 0.254 e. The molecule has 3 heterocycles. The van der Waals surface area contributed by atoms with E-state index in [9.17, 15) is 4.79 Å². The first-order valence-corrected chi connectivity index (χ1v) is 9.25. The highest BCUT2D eigenvalue weighted by Gasteiger charge is 2.25. The van der Waals surface area contributed by atoms with Crippen molar-refractivity contribution >= 4 is 28.4 Å². The molecule has 0 aliphatic carbocycles. The van der Waals surface area contributed by atoms with Crippen LogP contribution in [-0.2, 0) is 13.0 Å². The number of aromatic amines is 1. The van der Waals surface area contributed by atoms with E-state index in [0.717, 1.165) is 34.3 Å². The zero-order valence-electron chi connectivity index (χ0n) is 14.5. The quantitative estimate of drug-likeness (QED) is 0.570. The van der Waals surface area contributed by atoms with E-state index in [1.807, 2.05) is 70.5 Å². The number of nitrogens with one attached hydrogen (secondary N) is 1. The normalized spacial score (nSPS) is 13.7. The van der Waals surface area contributed by atoms with E-state index in [2.05, 4.69) is 10.1 Å². The van der Waals surface area contributed by atoms with Gasteiger partial charge in [0.1, 0.15) is 0 Å². The summed E-state index contributed by atoms with van der Waals surface area (Å²) in [5.74, 6) is 0.0502. The van der Waals surface area contributed by atoms with E-state index in [1.165, 1.54) is 0 Å². The molecule has 27 heavy (non-hydrogen) atoms. The van der Waals surface area contributed by atoms with Crippen LogP contribution in [0.2, 0.25) is 5.02 Å². The van der Waals surface area contributed by atoms with Crippen LogP contribution in [0.25, 0.3) is 16.6 Å². The lowest BCUT2D eigenvalue weighted by Crippen LogP contribution is -2.36. The lowest BCUT2D eigenvalue weighted by molar-refractivity contribution is 0.0734. The van der Waals surface area contributed by atoms with Crippen LogP contribution >= 0.6 is 11.6 Å². The van der Waals surface area contributed by atoms with E-state index >= 15 is 0 Å². The Morgan fingerprint density at radius 3 is 2.93 bits per heavy atom. The third kappa shape index (κ3) is 2.71. The molecule has 1 amide bonds. The molecule has 0 saturated carbocycles. The molecule has 0 radical (unpaired) electrons. The molecule has 5 rings (SSSR count). The summed E-state index contributed by atoms with van der Waals surface area (Å²) in [5, 5.41) is 6.23. The fraction of sp³-hybridized carbons (Fsp3) is 0.143. The summed E-state index contributed by atoms with van der Waals surface area (Å²) in [4.78, 5) is 18.0. The van der Waals surface area contributed by atoms with E-state index < -0.39 is 0 Å². The van der Waals surface area contributed by atoms with E-state index in [-0.39, 0.29) is 5.91 Å². The maximum absolute atomic E-state index is 13.0. The Morgan fingerprint density at radius 2 is 2.04 bits per heavy atom. The van der Waals surface area contributed by atoms with Crippen molar-refractivity contribution in [2.45, 2.75) is 13.0 Å². The van der Waals surface area contributed by atoms with Gasteiger partial charge in [0.15, 0.2) is 0 Å². The first kappa shape index (κ1) is 16.1. The lowest BCUT2D eigenvalue weighted by Gasteiger charge is -2.27. The van der Waals surface area contributed by atoms with Gasteiger partial charge in [0.05, 0.1) is 22.6 Å². The van der Waals surface area contributed by atoms with Gasteiger partial charge in [-0.05, 0) is 36.4 Å². The van der Waals surface area contributed by atoms with Crippen molar-refractivity contribution in [2.75, 3.05) is 6.54 Å². The van der Waals surface area contributed by atoms with Gasteiger partial charge in [0.25, 0.3) is 5.91 Å². The number of carbonyl (C=O) groups is 1. The number of para-hydroxylation sites is 1. The molecule has 0 unspecified atom stereocenters. The van der Waals surface area contributed by atoms with E-state index in [4.69, 9.17) is 11.6 Å². The summed E-state index contributed by atoms with van der Waals surface area (Å²) in [6.07, 6.45) is 4.47.